The van der Waals surface area contributed by atoms with Crippen molar-refractivity contribution in [3.05, 3.63) is 455 Å². The van der Waals surface area contributed by atoms with Gasteiger partial charge in [0.1, 0.15) is 0 Å². The molecular weight excluding hydrogens is 1740 g/mol. The molecular formula is C124H75N11S3. The highest BCUT2D eigenvalue weighted by Crippen LogP contribution is 2.53. The summed E-state index contributed by atoms with van der Waals surface area (Å²) in [6.07, 6.45) is 0. The summed E-state index contributed by atoms with van der Waals surface area (Å²) in [5.41, 5.74) is 19.0. The second-order valence-electron chi connectivity index (χ2n) is 34.6. The molecule has 0 atom stereocenters. The largest absolute Gasteiger partial charge is 0.308 e. The third-order valence-electron chi connectivity index (χ3n) is 26.7. The van der Waals surface area contributed by atoms with Crippen LogP contribution < -0.4 is 0 Å². The number of rotatable bonds is 11. The molecule has 0 aliphatic heterocycles. The smallest absolute Gasteiger partial charge is 0.238 e. The van der Waals surface area contributed by atoms with E-state index in [0.29, 0.717) is 40.9 Å². The van der Waals surface area contributed by atoms with Crippen molar-refractivity contribution in [3.63, 3.8) is 0 Å². The second kappa shape index (κ2) is 33.2. The second-order valence-corrected chi connectivity index (χ2v) is 37.8. The van der Waals surface area contributed by atoms with Crippen LogP contribution in [0.4, 0.5) is 0 Å². The molecule has 0 aliphatic carbocycles. The molecule has 0 saturated carbocycles. The first-order valence-electron chi connectivity index (χ1n) is 46.2. The van der Waals surface area contributed by atoms with Gasteiger partial charge in [0.05, 0.1) is 58.6 Å². The van der Waals surface area contributed by atoms with Crippen LogP contribution in [0.3, 0.4) is 0 Å². The van der Waals surface area contributed by atoms with Crippen LogP contribution in [0.5, 0.6) is 0 Å². The topological polar surface area (TPSA) is 118 Å². The predicted octanol–water partition coefficient (Wildman–Crippen LogP) is 33.4. The minimum absolute atomic E-state index is 0.614. The molecule has 0 saturated heterocycles. The third-order valence-corrected chi connectivity index (χ3v) is 30.2. The minimum Gasteiger partial charge on any atom is -0.308 e. The van der Waals surface area contributed by atoms with Crippen LogP contribution in [0.1, 0.15) is 0 Å². The van der Waals surface area contributed by atoms with E-state index in [2.05, 4.69) is 359 Å². The van der Waals surface area contributed by atoms with Crippen LogP contribution >= 0.6 is 34.0 Å². The van der Waals surface area contributed by atoms with Crippen molar-refractivity contribution in [1.82, 2.24) is 53.6 Å². The molecule has 0 unspecified atom stereocenters. The molecule has 29 aromatic rings. The van der Waals surface area contributed by atoms with Gasteiger partial charge in [0.15, 0.2) is 34.9 Å². The first-order valence-corrected chi connectivity index (χ1v) is 48.6. The van der Waals surface area contributed by atoms with Crippen molar-refractivity contribution in [2.45, 2.75) is 0 Å². The SMILES string of the molecule is c1ccc(-c2cc(-c3ccccc3)nc(-c3ccc4c(c3)c3c5ccccc5c5c6ccccc6sc5c3n4-c3ccccc3)n2)cc1.c1ccc(-c2nc(-c3ccccc3)nc(-c3ccc(-n4c5ccccc5c5c6ccccc6c6c7ccccc7sc6c54)cc3)n2)cc1.c1ccc(-c2nc(-c3ccccc3)nc(-n3c4ccccc4c4c5ccccc5c5c6ccccc6sc5c43)n2)cc1. The summed E-state index contributed by atoms with van der Waals surface area (Å²) in [5, 5.41) is 22.8. The third kappa shape index (κ3) is 13.4. The van der Waals surface area contributed by atoms with Gasteiger partial charge >= 0.3 is 0 Å². The van der Waals surface area contributed by atoms with Gasteiger partial charge < -0.3 is 9.13 Å². The normalized spacial score (nSPS) is 11.8. The highest BCUT2D eigenvalue weighted by Gasteiger charge is 2.29. The van der Waals surface area contributed by atoms with Crippen LogP contribution in [-0.2, 0) is 0 Å². The molecule has 0 radical (unpaired) electrons. The first kappa shape index (κ1) is 80.0. The predicted molar refractivity (Wildman–Crippen MR) is 579 cm³/mol. The Morgan fingerprint density at radius 3 is 0.790 bits per heavy atom. The van der Waals surface area contributed by atoms with E-state index >= 15 is 0 Å². The van der Waals surface area contributed by atoms with Gasteiger partial charge in [-0.25, -0.2) is 29.9 Å². The Kier molecular flexibility index (Phi) is 19.3. The summed E-state index contributed by atoms with van der Waals surface area (Å²) in [7, 11) is 0. The van der Waals surface area contributed by atoms with Gasteiger partial charge in [-0.05, 0) is 123 Å². The van der Waals surface area contributed by atoms with Gasteiger partial charge in [0, 0.05) is 135 Å². The minimum atomic E-state index is 0.614. The number of hydrogen-bond donors (Lipinski definition) is 0. The number of para-hydroxylation sites is 3. The zero-order chi connectivity index (χ0) is 90.8. The molecule has 29 rings (SSSR count). The summed E-state index contributed by atoms with van der Waals surface area (Å²) in [6.45, 7) is 0. The van der Waals surface area contributed by atoms with Gasteiger partial charge in [0.2, 0.25) is 5.95 Å². The number of thiophene rings is 3. The number of aromatic nitrogens is 11. The maximum Gasteiger partial charge on any atom is 0.238 e. The number of hydrogen-bond acceptors (Lipinski definition) is 11. The summed E-state index contributed by atoms with van der Waals surface area (Å²) >= 11 is 5.60. The molecule has 9 aromatic heterocycles. The molecule has 644 valence electrons. The summed E-state index contributed by atoms with van der Waals surface area (Å²) in [6, 6.07) is 160. The summed E-state index contributed by atoms with van der Waals surface area (Å²) in [5.74, 6) is 4.59. The zero-order valence-corrected chi connectivity index (χ0v) is 76.4. The monoisotopic (exact) mass is 1810 g/mol. The zero-order valence-electron chi connectivity index (χ0n) is 73.9. The van der Waals surface area contributed by atoms with Gasteiger partial charge in [-0.3, -0.25) is 4.57 Å². The quantitative estimate of drug-likeness (QED) is 0.126. The average molecular weight is 1820 g/mol. The molecule has 138 heavy (non-hydrogen) atoms. The van der Waals surface area contributed by atoms with Crippen molar-refractivity contribution in [2.75, 3.05) is 0 Å². The molecule has 0 bridgehead atoms. The van der Waals surface area contributed by atoms with Gasteiger partial charge in [0.25, 0.3) is 0 Å². The van der Waals surface area contributed by atoms with E-state index in [1.807, 2.05) is 143 Å². The fraction of sp³-hybridized carbons (Fsp3) is 0. The van der Waals surface area contributed by atoms with Gasteiger partial charge in [-0.2, -0.15) is 9.97 Å². The number of benzene rings is 20. The van der Waals surface area contributed by atoms with E-state index in [1.54, 1.807) is 0 Å². The lowest BCUT2D eigenvalue weighted by Gasteiger charge is -2.12. The Hall–Kier alpha value is -17.7. The van der Waals surface area contributed by atoms with Crippen molar-refractivity contribution >= 4 is 192 Å². The standard InChI is InChI=1S/C44H27N3S.C43H26N4S.C37H22N4S/c1-4-14-28(15-5-1)36-27-37(29-16-6-2-7-17-29)46-44(45-36)30-24-25-38-35(26-30)40-32-20-10-11-21-33(32)41-34-22-12-13-23-39(34)48-43(41)42(40)47(38)31-18-8-3-9-19-31;1-3-13-27(14-4-1)41-44-42(28-15-5-2-6-16-28)46-43(45-41)29-23-25-30(26-24-29)47-35-21-11-9-19-33(35)37-31-17-7-8-18-32(31)38-34-20-10-12-22-36(34)48-40(38)39(37)47;1-3-13-23(14-4-1)35-38-36(24-15-5-2-6-16-24)40-37(39-35)41-29-21-11-9-19-27(29)31-25-17-7-8-18-26(25)32-28-20-10-12-22-30(28)42-34(32)33(31)41/h1-27H;1-26H;1-22H. The molecule has 0 aliphatic rings. The summed E-state index contributed by atoms with van der Waals surface area (Å²) in [4.78, 5) is 40.4. The maximum absolute atomic E-state index is 5.18. The van der Waals surface area contributed by atoms with Crippen LogP contribution in [-0.4, -0.2) is 53.6 Å². The lowest BCUT2D eigenvalue weighted by molar-refractivity contribution is 0.955. The lowest BCUT2D eigenvalue weighted by atomic mass is 9.98. The fourth-order valence-corrected chi connectivity index (χ4v) is 24.4. The summed E-state index contributed by atoms with van der Waals surface area (Å²) < 4.78 is 14.9. The molecule has 14 heteroatoms. The van der Waals surface area contributed by atoms with E-state index in [9.17, 15) is 0 Å². The maximum atomic E-state index is 5.18. The van der Waals surface area contributed by atoms with Crippen LogP contribution in [0.15, 0.2) is 455 Å². The number of nitrogens with zero attached hydrogens (tertiary/aromatic N) is 11. The van der Waals surface area contributed by atoms with Crippen LogP contribution in [0.25, 0.3) is 266 Å². The highest BCUT2D eigenvalue weighted by molar-refractivity contribution is 7.28. The first-order chi connectivity index (χ1) is 68.5. The van der Waals surface area contributed by atoms with Crippen molar-refractivity contribution in [2.24, 2.45) is 0 Å². The molecule has 20 aromatic carbocycles. The van der Waals surface area contributed by atoms with Gasteiger partial charge in [-0.1, -0.05) is 364 Å². The molecule has 0 amide bonds. The van der Waals surface area contributed by atoms with Crippen LogP contribution in [0.2, 0.25) is 0 Å². The molecule has 0 N–H and O–H groups in total. The average Bonchev–Trinajstić information content (AvgIpc) is 1.54. The Balaban J connectivity index is 0.000000105. The van der Waals surface area contributed by atoms with E-state index < -0.39 is 0 Å². The number of fused-ring (bicyclic) bond motifs is 30. The Bertz CT molecular complexity index is 9720. The van der Waals surface area contributed by atoms with E-state index in [0.717, 1.165) is 83.8 Å². The molecule has 11 nitrogen and oxygen atoms in total. The highest BCUT2D eigenvalue weighted by atomic mass is 32.1. The van der Waals surface area contributed by atoms with E-state index in [1.165, 1.54) is 142 Å². The molecule has 0 spiro atoms. The Labute approximate surface area is 802 Å². The van der Waals surface area contributed by atoms with Crippen LogP contribution in [0, 0.1) is 0 Å². The van der Waals surface area contributed by atoms with Crippen molar-refractivity contribution in [1.29, 1.82) is 0 Å². The van der Waals surface area contributed by atoms with E-state index in [-0.39, 0.29) is 0 Å². The Morgan fingerprint density at radius 1 is 0.159 bits per heavy atom. The molecule has 0 fully saturated rings. The van der Waals surface area contributed by atoms with E-state index in [4.69, 9.17) is 39.9 Å². The lowest BCUT2D eigenvalue weighted by Crippen LogP contribution is -2.06. The van der Waals surface area contributed by atoms with Gasteiger partial charge in [-0.15, -0.1) is 34.0 Å². The van der Waals surface area contributed by atoms with Crippen molar-refractivity contribution < 1.29 is 0 Å². The Morgan fingerprint density at radius 2 is 0.413 bits per heavy atom. The molecule has 9 heterocycles. The van der Waals surface area contributed by atoms with Crippen molar-refractivity contribution in [3.8, 4) is 108 Å². The fourth-order valence-electron chi connectivity index (χ4n) is 20.6.